The summed E-state index contributed by atoms with van der Waals surface area (Å²) >= 11 is 0. The largest absolute Gasteiger partial charge is 0.311 e. The SMILES string of the molecule is Cc1cccc(-n2nnnc2CCC(=O)Nc2ccnn2-c2cccc(-c3cccc(F)c3)c2)c1C. The monoisotopic (exact) mass is 481 g/mol. The maximum absolute atomic E-state index is 13.7. The van der Waals surface area contributed by atoms with Crippen molar-refractivity contribution < 1.29 is 9.18 Å². The molecule has 0 radical (unpaired) electrons. The second kappa shape index (κ2) is 9.91. The molecule has 2 aromatic heterocycles. The van der Waals surface area contributed by atoms with E-state index < -0.39 is 0 Å². The number of carbonyl (C=O) groups excluding carboxylic acids is 1. The second-order valence-electron chi connectivity index (χ2n) is 8.46. The fourth-order valence-electron chi connectivity index (χ4n) is 4.03. The normalized spacial score (nSPS) is 11.0. The third kappa shape index (κ3) is 4.76. The number of tetrazole rings is 1. The third-order valence-corrected chi connectivity index (χ3v) is 6.07. The molecule has 8 nitrogen and oxygen atoms in total. The van der Waals surface area contributed by atoms with Crippen molar-refractivity contribution in [2.24, 2.45) is 0 Å². The molecule has 0 saturated heterocycles. The van der Waals surface area contributed by atoms with Gasteiger partial charge in [-0.05, 0) is 76.9 Å². The zero-order valence-electron chi connectivity index (χ0n) is 19.9. The van der Waals surface area contributed by atoms with Gasteiger partial charge in [0.05, 0.1) is 17.6 Å². The van der Waals surface area contributed by atoms with Gasteiger partial charge in [-0.3, -0.25) is 4.79 Å². The molecule has 180 valence electrons. The molecule has 36 heavy (non-hydrogen) atoms. The van der Waals surface area contributed by atoms with Crippen LogP contribution in [0.5, 0.6) is 0 Å². The van der Waals surface area contributed by atoms with Crippen molar-refractivity contribution in [1.82, 2.24) is 30.0 Å². The highest BCUT2D eigenvalue weighted by Gasteiger charge is 2.15. The van der Waals surface area contributed by atoms with Gasteiger partial charge in [-0.15, -0.1) is 5.10 Å². The van der Waals surface area contributed by atoms with Gasteiger partial charge >= 0.3 is 0 Å². The van der Waals surface area contributed by atoms with Crippen LogP contribution >= 0.6 is 0 Å². The minimum absolute atomic E-state index is 0.187. The summed E-state index contributed by atoms with van der Waals surface area (Å²) in [4.78, 5) is 12.8. The molecule has 2 heterocycles. The van der Waals surface area contributed by atoms with Gasteiger partial charge in [0.25, 0.3) is 0 Å². The molecule has 3 aromatic carbocycles. The summed E-state index contributed by atoms with van der Waals surface area (Å²) in [5.74, 6) is 0.655. The summed E-state index contributed by atoms with van der Waals surface area (Å²) < 4.78 is 17.0. The summed E-state index contributed by atoms with van der Waals surface area (Å²) in [5, 5.41) is 19.3. The highest BCUT2D eigenvalue weighted by atomic mass is 19.1. The van der Waals surface area contributed by atoms with Gasteiger partial charge in [0.1, 0.15) is 11.6 Å². The minimum atomic E-state index is -0.298. The van der Waals surface area contributed by atoms with E-state index in [1.165, 1.54) is 12.1 Å². The van der Waals surface area contributed by atoms with E-state index in [9.17, 15) is 9.18 Å². The van der Waals surface area contributed by atoms with E-state index in [4.69, 9.17) is 0 Å². The smallest absolute Gasteiger partial charge is 0.225 e. The Bertz CT molecular complexity index is 1540. The Labute approximate surface area is 207 Å². The molecule has 1 N–H and O–H groups in total. The second-order valence-corrected chi connectivity index (χ2v) is 8.46. The van der Waals surface area contributed by atoms with E-state index in [0.29, 0.717) is 18.1 Å². The zero-order chi connectivity index (χ0) is 25.1. The first-order valence-corrected chi connectivity index (χ1v) is 11.5. The van der Waals surface area contributed by atoms with Gasteiger partial charge in [0, 0.05) is 18.9 Å². The average molecular weight is 482 g/mol. The van der Waals surface area contributed by atoms with Gasteiger partial charge in [-0.25, -0.2) is 9.07 Å². The maximum atomic E-state index is 13.7. The van der Waals surface area contributed by atoms with Crippen LogP contribution in [0.4, 0.5) is 10.2 Å². The van der Waals surface area contributed by atoms with E-state index in [1.807, 2.05) is 62.4 Å². The lowest BCUT2D eigenvalue weighted by Gasteiger charge is -2.11. The molecule has 1 amide bonds. The number of aromatic nitrogens is 6. The number of hydrogen-bond donors (Lipinski definition) is 1. The number of amides is 1. The lowest BCUT2D eigenvalue weighted by molar-refractivity contribution is -0.116. The van der Waals surface area contributed by atoms with Gasteiger partial charge in [-0.2, -0.15) is 9.78 Å². The number of anilines is 1. The predicted molar refractivity (Wildman–Crippen MR) is 135 cm³/mol. The van der Waals surface area contributed by atoms with Crippen LogP contribution in [0.1, 0.15) is 23.4 Å². The van der Waals surface area contributed by atoms with Crippen molar-refractivity contribution in [3.63, 3.8) is 0 Å². The van der Waals surface area contributed by atoms with Crippen LogP contribution in [0.15, 0.2) is 79.0 Å². The molecular formula is C27H24FN7O. The van der Waals surface area contributed by atoms with Crippen LogP contribution in [0, 0.1) is 19.7 Å². The fraction of sp³-hybridized carbons (Fsp3) is 0.148. The van der Waals surface area contributed by atoms with Crippen molar-refractivity contribution in [1.29, 1.82) is 0 Å². The number of aryl methyl sites for hydroxylation is 2. The molecule has 5 rings (SSSR count). The summed E-state index contributed by atoms with van der Waals surface area (Å²) in [6.07, 6.45) is 2.18. The fourth-order valence-corrected chi connectivity index (χ4v) is 4.03. The molecule has 9 heteroatoms. The van der Waals surface area contributed by atoms with Crippen LogP contribution < -0.4 is 5.32 Å². The molecule has 0 atom stereocenters. The van der Waals surface area contributed by atoms with E-state index in [0.717, 1.165) is 33.6 Å². The molecule has 0 aliphatic rings. The maximum Gasteiger partial charge on any atom is 0.225 e. The number of benzene rings is 3. The van der Waals surface area contributed by atoms with Crippen molar-refractivity contribution in [3.8, 4) is 22.5 Å². The third-order valence-electron chi connectivity index (χ3n) is 6.07. The van der Waals surface area contributed by atoms with Crippen LogP contribution in [0.25, 0.3) is 22.5 Å². The Morgan fingerprint density at radius 1 is 0.944 bits per heavy atom. The number of rotatable bonds is 7. The molecule has 0 aliphatic heterocycles. The Balaban J connectivity index is 1.30. The quantitative estimate of drug-likeness (QED) is 0.359. The van der Waals surface area contributed by atoms with E-state index in [1.54, 1.807) is 27.7 Å². The Hall–Kier alpha value is -4.66. The molecule has 5 aromatic rings. The van der Waals surface area contributed by atoms with E-state index >= 15 is 0 Å². The highest BCUT2D eigenvalue weighted by Crippen LogP contribution is 2.24. The van der Waals surface area contributed by atoms with Crippen molar-refractivity contribution in [2.75, 3.05) is 5.32 Å². The molecule has 0 fully saturated rings. The molecule has 0 saturated carbocycles. The van der Waals surface area contributed by atoms with Gasteiger partial charge in [-0.1, -0.05) is 36.4 Å². The average Bonchev–Trinajstić information content (AvgIpc) is 3.54. The number of nitrogens with one attached hydrogen (secondary N) is 1. The lowest BCUT2D eigenvalue weighted by atomic mass is 10.1. The van der Waals surface area contributed by atoms with Gasteiger partial charge in [0.15, 0.2) is 5.82 Å². The van der Waals surface area contributed by atoms with E-state index in [2.05, 4.69) is 25.9 Å². The van der Waals surface area contributed by atoms with Crippen LogP contribution in [0.2, 0.25) is 0 Å². The molecule has 0 spiro atoms. The van der Waals surface area contributed by atoms with Crippen LogP contribution in [0.3, 0.4) is 0 Å². The summed E-state index contributed by atoms with van der Waals surface area (Å²) in [5.41, 5.74) is 5.47. The number of halogens is 1. The van der Waals surface area contributed by atoms with Crippen LogP contribution in [-0.4, -0.2) is 35.9 Å². The van der Waals surface area contributed by atoms with Crippen LogP contribution in [-0.2, 0) is 11.2 Å². The molecule has 0 unspecified atom stereocenters. The van der Waals surface area contributed by atoms with E-state index in [-0.39, 0.29) is 18.1 Å². The molecular weight excluding hydrogens is 457 g/mol. The zero-order valence-corrected chi connectivity index (χ0v) is 19.9. The van der Waals surface area contributed by atoms with Gasteiger partial charge in [0.2, 0.25) is 5.91 Å². The lowest BCUT2D eigenvalue weighted by Crippen LogP contribution is -2.16. The van der Waals surface area contributed by atoms with Crippen molar-refractivity contribution in [2.45, 2.75) is 26.7 Å². The first kappa shape index (κ1) is 23.1. The first-order chi connectivity index (χ1) is 17.5. The molecule has 0 aliphatic carbocycles. The Morgan fingerprint density at radius 2 is 1.72 bits per heavy atom. The topological polar surface area (TPSA) is 90.5 Å². The van der Waals surface area contributed by atoms with Crippen molar-refractivity contribution >= 4 is 11.7 Å². The highest BCUT2D eigenvalue weighted by molar-refractivity contribution is 5.90. The minimum Gasteiger partial charge on any atom is -0.311 e. The molecule has 0 bridgehead atoms. The summed E-state index contributed by atoms with van der Waals surface area (Å²) in [6.45, 7) is 4.06. The Kier molecular flexibility index (Phi) is 6.36. The Morgan fingerprint density at radius 3 is 2.56 bits per heavy atom. The van der Waals surface area contributed by atoms with Crippen molar-refractivity contribution in [3.05, 3.63) is 102 Å². The summed E-state index contributed by atoms with van der Waals surface area (Å²) in [6, 6.07) is 21.6. The predicted octanol–water partition coefficient (Wildman–Crippen LogP) is 4.84. The number of carbonyl (C=O) groups is 1. The first-order valence-electron chi connectivity index (χ1n) is 11.5. The standard InChI is InChI=1S/C27H24FN7O/c1-18-6-3-11-24(19(18)2)35-26(31-32-33-35)12-13-27(36)30-25-14-15-29-34(25)23-10-5-8-21(17-23)20-7-4-9-22(28)16-20/h3-11,14-17H,12-13H2,1-2H3,(H,30,36). The summed E-state index contributed by atoms with van der Waals surface area (Å²) in [7, 11) is 0. The number of hydrogen-bond acceptors (Lipinski definition) is 5. The number of nitrogens with zero attached hydrogens (tertiary/aromatic N) is 6. The van der Waals surface area contributed by atoms with Gasteiger partial charge < -0.3 is 5.32 Å².